The predicted octanol–water partition coefficient (Wildman–Crippen LogP) is 2.88. The largest absolute Gasteiger partial charge is 0.369 e. The number of amides is 2. The topological polar surface area (TPSA) is 66.6 Å². The van der Waals surface area contributed by atoms with Crippen LogP contribution in [0.15, 0.2) is 53.4 Å². The van der Waals surface area contributed by atoms with Crippen molar-refractivity contribution in [3.63, 3.8) is 0 Å². The molecule has 0 atom stereocenters. The Kier molecular flexibility index (Phi) is 6.06. The van der Waals surface area contributed by atoms with Gasteiger partial charge >= 0.3 is 0 Å². The molecule has 0 aromatic heterocycles. The summed E-state index contributed by atoms with van der Waals surface area (Å²) in [5, 5.41) is 0.710. The van der Waals surface area contributed by atoms with Crippen LogP contribution in [0.3, 0.4) is 0 Å². The Balaban J connectivity index is 1.66. The second-order valence-corrected chi connectivity index (χ2v) is 7.46. The Hall–Kier alpha value is -2.18. The average molecular weight is 390 g/mol. The molecule has 0 spiro atoms. The highest BCUT2D eigenvalue weighted by Gasteiger charge is 2.24. The molecule has 7 heteroatoms. The van der Waals surface area contributed by atoms with E-state index in [4.69, 9.17) is 17.3 Å². The number of carbonyl (C=O) groups is 2. The normalized spacial score (nSPS) is 14.3. The number of nitrogens with two attached hydrogens (primary N) is 1. The second kappa shape index (κ2) is 8.47. The first-order chi connectivity index (χ1) is 12.5. The number of carbonyl (C=O) groups excluding carboxylic acids is 2. The van der Waals surface area contributed by atoms with Crippen molar-refractivity contribution in [1.82, 2.24) is 4.90 Å². The molecule has 2 aromatic carbocycles. The molecular weight excluding hydrogens is 370 g/mol. The molecule has 2 N–H and O–H groups in total. The highest BCUT2D eigenvalue weighted by molar-refractivity contribution is 8.00. The van der Waals surface area contributed by atoms with Crippen LogP contribution in [0.25, 0.3) is 0 Å². The van der Waals surface area contributed by atoms with Gasteiger partial charge in [-0.25, -0.2) is 0 Å². The van der Waals surface area contributed by atoms with Gasteiger partial charge in [0.15, 0.2) is 0 Å². The lowest BCUT2D eigenvalue weighted by atomic mass is 10.1. The van der Waals surface area contributed by atoms with E-state index in [1.807, 2.05) is 47.4 Å². The van der Waals surface area contributed by atoms with Crippen LogP contribution in [0.2, 0.25) is 5.02 Å². The molecule has 0 saturated carbocycles. The van der Waals surface area contributed by atoms with Gasteiger partial charge < -0.3 is 15.5 Å². The molecule has 3 rings (SSSR count). The Morgan fingerprint density at radius 3 is 2.46 bits per heavy atom. The fourth-order valence-electron chi connectivity index (χ4n) is 2.93. The summed E-state index contributed by atoms with van der Waals surface area (Å²) in [5.41, 5.74) is 6.91. The van der Waals surface area contributed by atoms with Gasteiger partial charge in [0.1, 0.15) is 0 Å². The van der Waals surface area contributed by atoms with Gasteiger partial charge in [0.25, 0.3) is 5.91 Å². The molecule has 2 aromatic rings. The summed E-state index contributed by atoms with van der Waals surface area (Å²) in [4.78, 5) is 28.8. The maximum absolute atomic E-state index is 12.9. The van der Waals surface area contributed by atoms with Crippen molar-refractivity contribution in [2.24, 2.45) is 5.73 Å². The van der Waals surface area contributed by atoms with E-state index < -0.39 is 5.91 Å². The number of primary amides is 1. The molecule has 1 heterocycles. The van der Waals surface area contributed by atoms with E-state index in [0.29, 0.717) is 23.7 Å². The van der Waals surface area contributed by atoms with Crippen LogP contribution in [0.5, 0.6) is 0 Å². The van der Waals surface area contributed by atoms with Crippen molar-refractivity contribution < 1.29 is 9.59 Å². The SMILES string of the molecule is NC(=O)CSc1ccccc1C(=O)N1CCN(c2cccc(Cl)c2)CC1. The minimum Gasteiger partial charge on any atom is -0.369 e. The van der Waals surface area contributed by atoms with Gasteiger partial charge in [0.2, 0.25) is 5.91 Å². The molecule has 2 amide bonds. The number of piperazine rings is 1. The van der Waals surface area contributed by atoms with Gasteiger partial charge in [-0.3, -0.25) is 9.59 Å². The minimum atomic E-state index is -0.396. The standard InChI is InChI=1S/C19H20ClN3O2S/c20-14-4-3-5-15(12-14)22-8-10-23(11-9-22)19(25)16-6-1-2-7-17(16)26-13-18(21)24/h1-7,12H,8-11,13H2,(H2,21,24). The van der Waals surface area contributed by atoms with Crippen molar-refractivity contribution in [2.75, 3.05) is 36.8 Å². The molecule has 1 fully saturated rings. The molecular formula is C19H20ClN3O2S. The van der Waals surface area contributed by atoms with Crippen molar-refractivity contribution in [1.29, 1.82) is 0 Å². The highest BCUT2D eigenvalue weighted by Crippen LogP contribution is 2.25. The lowest BCUT2D eigenvalue weighted by molar-refractivity contribution is -0.115. The van der Waals surface area contributed by atoms with Crippen LogP contribution in [-0.2, 0) is 4.79 Å². The zero-order valence-corrected chi connectivity index (χ0v) is 15.8. The number of rotatable bonds is 5. The molecule has 5 nitrogen and oxygen atoms in total. The van der Waals surface area contributed by atoms with Crippen molar-refractivity contribution >= 4 is 40.9 Å². The Bertz CT molecular complexity index is 807. The maximum Gasteiger partial charge on any atom is 0.255 e. The fourth-order valence-corrected chi connectivity index (χ4v) is 3.90. The number of thioether (sulfide) groups is 1. The smallest absolute Gasteiger partial charge is 0.255 e. The molecule has 0 radical (unpaired) electrons. The summed E-state index contributed by atoms with van der Waals surface area (Å²) < 4.78 is 0. The van der Waals surface area contributed by atoms with Gasteiger partial charge in [-0.05, 0) is 30.3 Å². The van der Waals surface area contributed by atoms with Crippen LogP contribution in [0.4, 0.5) is 5.69 Å². The first-order valence-electron chi connectivity index (χ1n) is 8.34. The Labute approximate surface area is 162 Å². The average Bonchev–Trinajstić information content (AvgIpc) is 2.66. The number of anilines is 1. The molecule has 1 saturated heterocycles. The minimum absolute atomic E-state index is 0.0108. The third-order valence-electron chi connectivity index (χ3n) is 4.23. The third-order valence-corrected chi connectivity index (χ3v) is 5.56. The lowest BCUT2D eigenvalue weighted by Crippen LogP contribution is -2.48. The first kappa shape index (κ1) is 18.6. The van der Waals surface area contributed by atoms with Gasteiger partial charge in [-0.2, -0.15) is 0 Å². The predicted molar refractivity (Wildman–Crippen MR) is 106 cm³/mol. The zero-order chi connectivity index (χ0) is 18.5. The van der Waals surface area contributed by atoms with Crippen molar-refractivity contribution in [3.8, 4) is 0 Å². The summed E-state index contributed by atoms with van der Waals surface area (Å²) in [6.07, 6.45) is 0. The lowest BCUT2D eigenvalue weighted by Gasteiger charge is -2.36. The summed E-state index contributed by atoms with van der Waals surface area (Å²) in [6.45, 7) is 2.78. The molecule has 0 unspecified atom stereocenters. The van der Waals surface area contributed by atoms with Crippen molar-refractivity contribution in [3.05, 3.63) is 59.1 Å². The van der Waals surface area contributed by atoms with E-state index in [2.05, 4.69) is 4.90 Å². The Morgan fingerprint density at radius 2 is 1.77 bits per heavy atom. The van der Waals surface area contributed by atoms with Gasteiger partial charge in [0, 0.05) is 41.8 Å². The summed E-state index contributed by atoms with van der Waals surface area (Å²) in [5.74, 6) is -0.247. The number of nitrogens with zero attached hydrogens (tertiary/aromatic N) is 2. The first-order valence-corrected chi connectivity index (χ1v) is 9.71. The number of hydrogen-bond acceptors (Lipinski definition) is 4. The maximum atomic E-state index is 12.9. The molecule has 0 bridgehead atoms. The monoisotopic (exact) mass is 389 g/mol. The van der Waals surface area contributed by atoms with Crippen LogP contribution in [0, 0.1) is 0 Å². The molecule has 1 aliphatic heterocycles. The fraction of sp³-hybridized carbons (Fsp3) is 0.263. The van der Waals surface area contributed by atoms with E-state index in [-0.39, 0.29) is 11.7 Å². The third kappa shape index (κ3) is 4.51. The van der Waals surface area contributed by atoms with E-state index in [0.717, 1.165) is 23.7 Å². The van der Waals surface area contributed by atoms with Crippen LogP contribution >= 0.6 is 23.4 Å². The van der Waals surface area contributed by atoms with Gasteiger partial charge in [0.05, 0.1) is 11.3 Å². The van der Waals surface area contributed by atoms with Gasteiger partial charge in [-0.1, -0.05) is 29.8 Å². The van der Waals surface area contributed by atoms with E-state index in [9.17, 15) is 9.59 Å². The van der Waals surface area contributed by atoms with Crippen LogP contribution in [-0.4, -0.2) is 48.6 Å². The zero-order valence-electron chi connectivity index (χ0n) is 14.2. The number of benzene rings is 2. The van der Waals surface area contributed by atoms with E-state index in [1.54, 1.807) is 6.07 Å². The molecule has 0 aliphatic carbocycles. The van der Waals surface area contributed by atoms with E-state index >= 15 is 0 Å². The van der Waals surface area contributed by atoms with Crippen LogP contribution < -0.4 is 10.6 Å². The summed E-state index contributed by atoms with van der Waals surface area (Å²) in [6, 6.07) is 15.1. The summed E-state index contributed by atoms with van der Waals surface area (Å²) in [7, 11) is 0. The quantitative estimate of drug-likeness (QED) is 0.798. The molecule has 136 valence electrons. The highest BCUT2D eigenvalue weighted by atomic mass is 35.5. The summed E-state index contributed by atoms with van der Waals surface area (Å²) >= 11 is 7.37. The second-order valence-electron chi connectivity index (χ2n) is 6.01. The van der Waals surface area contributed by atoms with Crippen molar-refractivity contribution in [2.45, 2.75) is 4.90 Å². The number of halogens is 1. The van der Waals surface area contributed by atoms with Gasteiger partial charge in [-0.15, -0.1) is 11.8 Å². The number of hydrogen-bond donors (Lipinski definition) is 1. The van der Waals surface area contributed by atoms with E-state index in [1.165, 1.54) is 11.8 Å². The molecule has 1 aliphatic rings. The Morgan fingerprint density at radius 1 is 1.04 bits per heavy atom. The molecule has 26 heavy (non-hydrogen) atoms. The van der Waals surface area contributed by atoms with Crippen LogP contribution in [0.1, 0.15) is 10.4 Å².